The van der Waals surface area contributed by atoms with Crippen molar-refractivity contribution in [2.24, 2.45) is 0 Å². The number of benzene rings is 1. The monoisotopic (exact) mass is 382 g/mol. The van der Waals surface area contributed by atoms with E-state index in [9.17, 15) is 14.4 Å². The number of H-pyrrole nitrogens is 1. The average Bonchev–Trinajstić information content (AvgIpc) is 2.97. The molecule has 2 N–H and O–H groups in total. The summed E-state index contributed by atoms with van der Waals surface area (Å²) in [6.45, 7) is 3.66. The Hall–Kier alpha value is -2.89. The Labute approximate surface area is 164 Å². The maximum absolute atomic E-state index is 12.6. The van der Waals surface area contributed by atoms with E-state index in [0.717, 1.165) is 19.3 Å². The predicted octanol–water partition coefficient (Wildman–Crippen LogP) is 3.09. The van der Waals surface area contributed by atoms with Crippen LogP contribution in [0.1, 0.15) is 63.9 Å². The van der Waals surface area contributed by atoms with Crippen molar-refractivity contribution in [1.29, 1.82) is 0 Å². The summed E-state index contributed by atoms with van der Waals surface area (Å²) >= 11 is 0. The highest BCUT2D eigenvalue weighted by atomic mass is 16.5. The normalized spacial score (nSPS) is 14.8. The lowest BCUT2D eigenvalue weighted by atomic mass is 9.64. The second kappa shape index (κ2) is 8.00. The lowest BCUT2D eigenvalue weighted by molar-refractivity contribution is -0.120. The third-order valence-corrected chi connectivity index (χ3v) is 5.73. The molecule has 1 heterocycles. The van der Waals surface area contributed by atoms with E-state index in [4.69, 9.17) is 4.74 Å². The fourth-order valence-electron chi connectivity index (χ4n) is 3.98. The Kier molecular flexibility index (Phi) is 5.68. The standard InChI is InChI=1S/C22H26N2O4/c1-14-19(21(27)28-3)17(24-20(14)15(2)25)12-18(26)23-13-22(10-7-11-22)16-8-5-4-6-9-16/h4-6,8-9,24H,7,10-13H2,1-3H3,(H,23,26). The Bertz CT molecular complexity index is 895. The van der Waals surface area contributed by atoms with Crippen molar-refractivity contribution in [3.63, 3.8) is 0 Å². The average molecular weight is 382 g/mol. The number of hydrogen-bond donors (Lipinski definition) is 2. The van der Waals surface area contributed by atoms with Gasteiger partial charge in [-0.05, 0) is 30.9 Å². The van der Waals surface area contributed by atoms with E-state index >= 15 is 0 Å². The Balaban J connectivity index is 1.74. The SMILES string of the molecule is COC(=O)c1c(CC(=O)NCC2(c3ccccc3)CCC2)[nH]c(C(C)=O)c1C. The van der Waals surface area contributed by atoms with Crippen LogP contribution in [-0.4, -0.2) is 36.3 Å². The molecule has 148 valence electrons. The zero-order valence-electron chi connectivity index (χ0n) is 16.6. The molecule has 6 heteroatoms. The number of esters is 1. The fraction of sp³-hybridized carbons (Fsp3) is 0.409. The van der Waals surface area contributed by atoms with Crippen molar-refractivity contribution in [3.05, 3.63) is 58.4 Å². The molecule has 0 bridgehead atoms. The molecule has 2 aromatic rings. The van der Waals surface area contributed by atoms with Crippen LogP contribution in [0.15, 0.2) is 30.3 Å². The largest absolute Gasteiger partial charge is 0.465 e. The first-order chi connectivity index (χ1) is 13.4. The number of Topliss-reactive ketones (excluding diaryl/α,β-unsaturated/α-hetero) is 1. The van der Waals surface area contributed by atoms with E-state index in [1.807, 2.05) is 18.2 Å². The Morgan fingerprint density at radius 1 is 1.18 bits per heavy atom. The quantitative estimate of drug-likeness (QED) is 0.569. The number of carbonyl (C=O) groups excluding carboxylic acids is 3. The number of carbonyl (C=O) groups is 3. The van der Waals surface area contributed by atoms with E-state index in [0.29, 0.717) is 23.5 Å². The van der Waals surface area contributed by atoms with Crippen LogP contribution in [0.3, 0.4) is 0 Å². The molecular formula is C22H26N2O4. The van der Waals surface area contributed by atoms with Crippen LogP contribution in [-0.2, 0) is 21.4 Å². The fourth-order valence-corrected chi connectivity index (χ4v) is 3.98. The molecule has 28 heavy (non-hydrogen) atoms. The van der Waals surface area contributed by atoms with Crippen LogP contribution in [0.4, 0.5) is 0 Å². The summed E-state index contributed by atoms with van der Waals surface area (Å²) in [5.41, 5.74) is 2.76. The molecule has 3 rings (SSSR count). The number of nitrogens with one attached hydrogen (secondary N) is 2. The molecule has 1 aliphatic carbocycles. The number of aromatic nitrogens is 1. The topological polar surface area (TPSA) is 88.3 Å². The van der Waals surface area contributed by atoms with Gasteiger partial charge in [0, 0.05) is 24.6 Å². The van der Waals surface area contributed by atoms with Crippen LogP contribution >= 0.6 is 0 Å². The van der Waals surface area contributed by atoms with Crippen LogP contribution in [0.25, 0.3) is 0 Å². The first kappa shape index (κ1) is 19.9. The third-order valence-electron chi connectivity index (χ3n) is 5.73. The molecule has 0 radical (unpaired) electrons. The molecule has 1 saturated carbocycles. The first-order valence-corrected chi connectivity index (χ1v) is 9.51. The maximum atomic E-state index is 12.6. The zero-order valence-corrected chi connectivity index (χ0v) is 16.6. The van der Waals surface area contributed by atoms with E-state index in [1.54, 1.807) is 6.92 Å². The van der Waals surface area contributed by atoms with Crippen molar-refractivity contribution in [1.82, 2.24) is 10.3 Å². The number of amides is 1. The zero-order chi connectivity index (χ0) is 20.3. The number of ether oxygens (including phenoxy) is 1. The van der Waals surface area contributed by atoms with E-state index in [2.05, 4.69) is 22.4 Å². The summed E-state index contributed by atoms with van der Waals surface area (Å²) in [7, 11) is 1.28. The Morgan fingerprint density at radius 3 is 2.39 bits per heavy atom. The minimum atomic E-state index is -0.552. The minimum Gasteiger partial charge on any atom is -0.465 e. The van der Waals surface area contributed by atoms with E-state index in [-0.39, 0.29) is 29.1 Å². The Morgan fingerprint density at radius 2 is 1.86 bits per heavy atom. The molecule has 1 fully saturated rings. The molecule has 0 saturated heterocycles. The molecule has 0 unspecified atom stereocenters. The summed E-state index contributed by atoms with van der Waals surface area (Å²) in [6.07, 6.45) is 3.22. The molecule has 1 aliphatic rings. The van der Waals surface area contributed by atoms with Gasteiger partial charge in [0.25, 0.3) is 0 Å². The third kappa shape index (κ3) is 3.72. The summed E-state index contributed by atoms with van der Waals surface area (Å²) in [6, 6.07) is 10.2. The van der Waals surface area contributed by atoms with Gasteiger partial charge in [-0.1, -0.05) is 36.8 Å². The second-order valence-electron chi connectivity index (χ2n) is 7.48. The molecule has 0 atom stereocenters. The highest BCUT2D eigenvalue weighted by Crippen LogP contribution is 2.43. The summed E-state index contributed by atoms with van der Waals surface area (Å²) in [5.74, 6) is -0.931. The summed E-state index contributed by atoms with van der Waals surface area (Å²) in [4.78, 5) is 39.5. The smallest absolute Gasteiger partial charge is 0.339 e. The number of rotatable bonds is 7. The molecule has 0 aliphatic heterocycles. The molecule has 0 spiro atoms. The van der Waals surface area contributed by atoms with Gasteiger partial charge in [0.1, 0.15) is 0 Å². The van der Waals surface area contributed by atoms with Gasteiger partial charge >= 0.3 is 5.97 Å². The summed E-state index contributed by atoms with van der Waals surface area (Å²) in [5, 5.41) is 3.02. The molecule has 6 nitrogen and oxygen atoms in total. The number of methoxy groups -OCH3 is 1. The van der Waals surface area contributed by atoms with Gasteiger partial charge in [-0.2, -0.15) is 0 Å². The second-order valence-corrected chi connectivity index (χ2v) is 7.48. The van der Waals surface area contributed by atoms with E-state index in [1.165, 1.54) is 19.6 Å². The predicted molar refractivity (Wildman–Crippen MR) is 106 cm³/mol. The molecule has 1 aromatic carbocycles. The number of ketones is 1. The van der Waals surface area contributed by atoms with Gasteiger partial charge in [-0.15, -0.1) is 0 Å². The van der Waals surface area contributed by atoms with Crippen LogP contribution in [0.5, 0.6) is 0 Å². The minimum absolute atomic E-state index is 0.0105. The summed E-state index contributed by atoms with van der Waals surface area (Å²) < 4.78 is 4.83. The van der Waals surface area contributed by atoms with E-state index < -0.39 is 5.97 Å². The molecule has 1 amide bonds. The van der Waals surface area contributed by atoms with Gasteiger partial charge in [0.15, 0.2) is 5.78 Å². The lowest BCUT2D eigenvalue weighted by Gasteiger charge is -2.42. The van der Waals surface area contributed by atoms with Crippen LogP contribution < -0.4 is 5.32 Å². The molecule has 1 aromatic heterocycles. The van der Waals surface area contributed by atoms with Gasteiger partial charge in [0.05, 0.1) is 24.8 Å². The number of hydrogen-bond acceptors (Lipinski definition) is 4. The van der Waals surface area contributed by atoms with Crippen molar-refractivity contribution < 1.29 is 19.1 Å². The molecular weight excluding hydrogens is 356 g/mol. The maximum Gasteiger partial charge on any atom is 0.339 e. The lowest BCUT2D eigenvalue weighted by Crippen LogP contribution is -2.46. The van der Waals surface area contributed by atoms with Crippen LogP contribution in [0, 0.1) is 6.92 Å². The van der Waals surface area contributed by atoms with Gasteiger partial charge in [0.2, 0.25) is 5.91 Å². The van der Waals surface area contributed by atoms with Crippen LogP contribution in [0.2, 0.25) is 0 Å². The van der Waals surface area contributed by atoms with Gasteiger partial charge in [-0.25, -0.2) is 4.79 Å². The van der Waals surface area contributed by atoms with Crippen molar-refractivity contribution in [3.8, 4) is 0 Å². The van der Waals surface area contributed by atoms with Crippen molar-refractivity contribution >= 4 is 17.7 Å². The van der Waals surface area contributed by atoms with Crippen molar-refractivity contribution in [2.45, 2.75) is 44.9 Å². The van der Waals surface area contributed by atoms with Gasteiger partial charge < -0.3 is 15.0 Å². The highest BCUT2D eigenvalue weighted by molar-refractivity contribution is 6.01. The number of aromatic amines is 1. The highest BCUT2D eigenvalue weighted by Gasteiger charge is 2.38. The van der Waals surface area contributed by atoms with Gasteiger partial charge in [-0.3, -0.25) is 9.59 Å². The first-order valence-electron chi connectivity index (χ1n) is 9.51. The van der Waals surface area contributed by atoms with Crippen molar-refractivity contribution in [2.75, 3.05) is 13.7 Å².